The van der Waals surface area contributed by atoms with Crippen LogP contribution in [-0.2, 0) is 11.2 Å². The maximum atomic E-state index is 13.4. The largest absolute Gasteiger partial charge is 0.491 e. The van der Waals surface area contributed by atoms with E-state index < -0.39 is 0 Å². The maximum Gasteiger partial charge on any atom is 0.318 e. The molecular formula is C24H32ClN3O3S. The van der Waals surface area contributed by atoms with Gasteiger partial charge in [0.15, 0.2) is 0 Å². The number of benzene rings is 1. The van der Waals surface area contributed by atoms with Crippen LogP contribution in [0.5, 0.6) is 5.75 Å². The molecule has 0 radical (unpaired) electrons. The van der Waals surface area contributed by atoms with Gasteiger partial charge in [0.25, 0.3) is 0 Å². The second kappa shape index (κ2) is 11.6. The second-order valence-corrected chi connectivity index (χ2v) is 9.47. The van der Waals surface area contributed by atoms with Crippen molar-refractivity contribution in [2.24, 2.45) is 0 Å². The number of rotatable bonds is 9. The molecule has 3 amide bonds. The van der Waals surface area contributed by atoms with Crippen LogP contribution in [0.4, 0.5) is 4.79 Å². The molecule has 0 bridgehead atoms. The molecule has 6 nitrogen and oxygen atoms in total. The van der Waals surface area contributed by atoms with Crippen molar-refractivity contribution in [2.45, 2.75) is 52.1 Å². The number of thiophene rings is 1. The number of halogens is 1. The van der Waals surface area contributed by atoms with Gasteiger partial charge in [0.2, 0.25) is 5.91 Å². The zero-order chi connectivity index (χ0) is 23.1. The molecule has 2 aromatic rings. The van der Waals surface area contributed by atoms with Crippen LogP contribution in [0.2, 0.25) is 5.02 Å². The quantitative estimate of drug-likeness (QED) is 0.544. The highest BCUT2D eigenvalue weighted by atomic mass is 35.5. The van der Waals surface area contributed by atoms with Crippen molar-refractivity contribution >= 4 is 34.9 Å². The molecule has 1 aromatic heterocycles. The average molecular weight is 478 g/mol. The first-order valence-corrected chi connectivity index (χ1v) is 12.5. The number of carbonyl (C=O) groups excluding carboxylic acids is 2. The Bertz CT molecular complexity index is 902. The number of nitrogens with one attached hydrogen (secondary N) is 1. The van der Waals surface area contributed by atoms with Crippen LogP contribution in [0, 0.1) is 0 Å². The number of ether oxygens (including phenoxy) is 1. The van der Waals surface area contributed by atoms with Gasteiger partial charge >= 0.3 is 6.03 Å². The van der Waals surface area contributed by atoms with Gasteiger partial charge in [-0.2, -0.15) is 0 Å². The minimum absolute atomic E-state index is 0.0268. The number of urea groups is 1. The molecule has 8 heteroatoms. The summed E-state index contributed by atoms with van der Waals surface area (Å²) in [5.41, 5.74) is 1.13. The number of fused-ring (bicyclic) bond motifs is 1. The van der Waals surface area contributed by atoms with Gasteiger partial charge in [-0.15, -0.1) is 11.3 Å². The summed E-state index contributed by atoms with van der Waals surface area (Å²) in [5.74, 6) is 0.655. The fraction of sp³-hybridized carbons (Fsp3) is 0.500. The molecule has 1 aliphatic rings. The Balaban J connectivity index is 1.75. The van der Waals surface area contributed by atoms with E-state index >= 15 is 0 Å². The Labute approximate surface area is 199 Å². The van der Waals surface area contributed by atoms with Crippen LogP contribution in [0.3, 0.4) is 0 Å². The normalized spacial score (nSPS) is 16.2. The number of hydrogen-bond acceptors (Lipinski definition) is 4. The van der Waals surface area contributed by atoms with E-state index in [0.717, 1.165) is 24.8 Å². The zero-order valence-corrected chi connectivity index (χ0v) is 20.5. The van der Waals surface area contributed by atoms with Gasteiger partial charge in [0.05, 0.1) is 6.04 Å². The first-order valence-electron chi connectivity index (χ1n) is 11.2. The lowest BCUT2D eigenvalue weighted by Gasteiger charge is -2.38. The van der Waals surface area contributed by atoms with Gasteiger partial charge in [-0.3, -0.25) is 4.79 Å². The summed E-state index contributed by atoms with van der Waals surface area (Å²) in [4.78, 5) is 31.0. The van der Waals surface area contributed by atoms with Gasteiger partial charge in [0.1, 0.15) is 18.9 Å². The number of carbonyl (C=O) groups is 2. The fourth-order valence-electron chi connectivity index (χ4n) is 3.80. The zero-order valence-electron chi connectivity index (χ0n) is 19.0. The molecule has 1 N–H and O–H groups in total. The van der Waals surface area contributed by atoms with E-state index in [0.29, 0.717) is 30.5 Å². The van der Waals surface area contributed by atoms with Crippen LogP contribution in [-0.4, -0.2) is 54.0 Å². The van der Waals surface area contributed by atoms with Crippen LogP contribution < -0.4 is 10.1 Å². The SMILES string of the molecule is CCCNC(=O)N(CC(=O)N1CCc2sccc2C1COc1ccc(Cl)cc1)C(C)CC. The third-order valence-electron chi connectivity index (χ3n) is 5.85. The third kappa shape index (κ3) is 5.95. The Morgan fingerprint density at radius 2 is 2.03 bits per heavy atom. The lowest BCUT2D eigenvalue weighted by Crippen LogP contribution is -2.52. The molecule has 2 atom stereocenters. The van der Waals surface area contributed by atoms with Crippen molar-refractivity contribution in [3.63, 3.8) is 0 Å². The molecule has 1 aliphatic heterocycles. The Morgan fingerprint density at radius 1 is 1.28 bits per heavy atom. The fourth-order valence-corrected chi connectivity index (χ4v) is 4.85. The molecule has 1 aromatic carbocycles. The molecule has 2 heterocycles. The molecule has 3 rings (SSSR count). The molecule has 0 fully saturated rings. The molecule has 0 spiro atoms. The van der Waals surface area contributed by atoms with E-state index in [1.807, 2.05) is 37.8 Å². The van der Waals surface area contributed by atoms with E-state index in [2.05, 4.69) is 16.8 Å². The maximum absolute atomic E-state index is 13.4. The van der Waals surface area contributed by atoms with Gasteiger partial charge < -0.3 is 19.9 Å². The summed E-state index contributed by atoms with van der Waals surface area (Å²) in [6.07, 6.45) is 2.46. The highest BCUT2D eigenvalue weighted by molar-refractivity contribution is 7.10. The van der Waals surface area contributed by atoms with Gasteiger partial charge in [-0.05, 0) is 67.5 Å². The van der Waals surface area contributed by atoms with E-state index in [1.54, 1.807) is 28.4 Å². The van der Waals surface area contributed by atoms with E-state index in [4.69, 9.17) is 16.3 Å². The van der Waals surface area contributed by atoms with Crippen LogP contribution in [0.15, 0.2) is 35.7 Å². The lowest BCUT2D eigenvalue weighted by molar-refractivity contribution is -0.135. The van der Waals surface area contributed by atoms with E-state index in [9.17, 15) is 9.59 Å². The highest BCUT2D eigenvalue weighted by Crippen LogP contribution is 2.34. The standard InChI is InChI=1S/C24H32ClN3O3S/c1-4-12-26-24(30)28(17(3)5-2)15-23(29)27-13-10-22-20(11-14-32-22)21(27)16-31-19-8-6-18(25)7-9-19/h6-9,11,14,17,21H,4-5,10,12-13,15-16H2,1-3H3,(H,26,30). The van der Waals surface area contributed by atoms with Crippen molar-refractivity contribution in [2.75, 3.05) is 26.2 Å². The average Bonchev–Trinajstić information content (AvgIpc) is 3.29. The third-order valence-corrected chi connectivity index (χ3v) is 7.10. The van der Waals surface area contributed by atoms with Crippen molar-refractivity contribution in [1.29, 1.82) is 0 Å². The van der Waals surface area contributed by atoms with E-state index in [-0.39, 0.29) is 30.6 Å². The summed E-state index contributed by atoms with van der Waals surface area (Å²) < 4.78 is 6.04. The van der Waals surface area contributed by atoms with Crippen molar-refractivity contribution < 1.29 is 14.3 Å². The van der Waals surface area contributed by atoms with Gasteiger partial charge in [-0.25, -0.2) is 4.79 Å². The van der Waals surface area contributed by atoms with Crippen molar-refractivity contribution in [3.8, 4) is 5.75 Å². The molecule has 174 valence electrons. The van der Waals surface area contributed by atoms with Gasteiger partial charge in [-0.1, -0.05) is 25.4 Å². The summed E-state index contributed by atoms with van der Waals surface area (Å²) in [5, 5.41) is 5.63. The molecular weight excluding hydrogens is 446 g/mol. The monoisotopic (exact) mass is 477 g/mol. The summed E-state index contributed by atoms with van der Waals surface area (Å²) >= 11 is 7.69. The molecule has 0 aliphatic carbocycles. The van der Waals surface area contributed by atoms with Crippen molar-refractivity contribution in [1.82, 2.24) is 15.1 Å². The number of hydrogen-bond donors (Lipinski definition) is 1. The lowest BCUT2D eigenvalue weighted by atomic mass is 10.00. The highest BCUT2D eigenvalue weighted by Gasteiger charge is 2.34. The summed E-state index contributed by atoms with van der Waals surface area (Å²) in [7, 11) is 0. The minimum Gasteiger partial charge on any atom is -0.491 e. The topological polar surface area (TPSA) is 61.9 Å². The minimum atomic E-state index is -0.189. The Hall–Kier alpha value is -2.25. The summed E-state index contributed by atoms with van der Waals surface area (Å²) in [6, 6.07) is 8.91. The van der Waals surface area contributed by atoms with Crippen LogP contribution in [0.1, 0.15) is 50.1 Å². The molecule has 0 saturated heterocycles. The van der Waals surface area contributed by atoms with E-state index in [1.165, 1.54) is 4.88 Å². The van der Waals surface area contributed by atoms with Gasteiger partial charge in [0, 0.05) is 29.0 Å². The Morgan fingerprint density at radius 3 is 2.72 bits per heavy atom. The first-order chi connectivity index (χ1) is 15.4. The Kier molecular flexibility index (Phi) is 8.82. The van der Waals surface area contributed by atoms with Crippen molar-refractivity contribution in [3.05, 3.63) is 51.2 Å². The number of amides is 3. The van der Waals surface area contributed by atoms with Crippen LogP contribution in [0.25, 0.3) is 0 Å². The smallest absolute Gasteiger partial charge is 0.318 e. The molecule has 2 unspecified atom stereocenters. The predicted molar refractivity (Wildman–Crippen MR) is 130 cm³/mol. The molecule has 32 heavy (non-hydrogen) atoms. The van der Waals surface area contributed by atoms with Crippen LogP contribution >= 0.6 is 22.9 Å². The summed E-state index contributed by atoms with van der Waals surface area (Å²) in [6.45, 7) is 7.63. The predicted octanol–water partition coefficient (Wildman–Crippen LogP) is 5.13. The first kappa shape index (κ1) is 24.4. The number of nitrogens with zero attached hydrogens (tertiary/aromatic N) is 2. The molecule has 0 saturated carbocycles. The second-order valence-electron chi connectivity index (χ2n) is 8.03.